The number of nitrogens with zero attached hydrogens (tertiary/aromatic N) is 1. The molecule has 5 nitrogen and oxygen atoms in total. The lowest BCUT2D eigenvalue weighted by atomic mass is 10.2. The van der Waals surface area contributed by atoms with Crippen LogP contribution < -0.4 is 5.32 Å². The molecule has 1 aromatic heterocycles. The summed E-state index contributed by atoms with van der Waals surface area (Å²) in [5, 5.41) is 13.5. The van der Waals surface area contributed by atoms with E-state index in [0.29, 0.717) is 15.0 Å². The molecule has 0 spiro atoms. The van der Waals surface area contributed by atoms with Crippen molar-refractivity contribution in [3.8, 4) is 0 Å². The molecule has 8 heteroatoms. The molecule has 0 aliphatic carbocycles. The second-order valence-electron chi connectivity index (χ2n) is 3.74. The van der Waals surface area contributed by atoms with Crippen molar-refractivity contribution in [1.29, 1.82) is 0 Å². The molecule has 2 aromatic rings. The van der Waals surface area contributed by atoms with E-state index in [1.165, 1.54) is 16.7 Å². The number of nitrogens with one attached hydrogen (secondary N) is 1. The highest BCUT2D eigenvalue weighted by Crippen LogP contribution is 2.21. The number of aromatic nitrogens is 1. The van der Waals surface area contributed by atoms with Crippen LogP contribution in [-0.2, 0) is 6.54 Å². The number of rotatable bonds is 4. The molecule has 1 heterocycles. The van der Waals surface area contributed by atoms with E-state index in [0.717, 1.165) is 4.47 Å². The van der Waals surface area contributed by atoms with Crippen LogP contribution in [0.3, 0.4) is 0 Å². The number of hydrogen-bond acceptors (Lipinski definition) is 4. The zero-order valence-corrected chi connectivity index (χ0v) is 13.9. The summed E-state index contributed by atoms with van der Waals surface area (Å²) in [5.74, 6) is -1.33. The van der Waals surface area contributed by atoms with E-state index in [-0.39, 0.29) is 18.1 Å². The van der Waals surface area contributed by atoms with Gasteiger partial charge in [0.25, 0.3) is 5.91 Å². The average Bonchev–Trinajstić information content (AvgIpc) is 2.88. The van der Waals surface area contributed by atoms with Gasteiger partial charge in [-0.2, -0.15) is 0 Å². The Hall–Kier alpha value is -1.25. The van der Waals surface area contributed by atoms with Crippen LogP contribution >= 0.6 is 43.2 Å². The van der Waals surface area contributed by atoms with Gasteiger partial charge in [-0.25, -0.2) is 9.78 Å². The van der Waals surface area contributed by atoms with Gasteiger partial charge in [-0.3, -0.25) is 4.79 Å². The van der Waals surface area contributed by atoms with E-state index >= 15 is 0 Å². The lowest BCUT2D eigenvalue weighted by molar-refractivity contribution is 0.0691. The quantitative estimate of drug-likeness (QED) is 0.796. The van der Waals surface area contributed by atoms with Gasteiger partial charge in [-0.15, -0.1) is 11.3 Å². The summed E-state index contributed by atoms with van der Waals surface area (Å²) in [7, 11) is 0. The number of carboxylic acids is 1. The topological polar surface area (TPSA) is 79.3 Å². The van der Waals surface area contributed by atoms with Crippen LogP contribution in [-0.4, -0.2) is 22.0 Å². The summed E-state index contributed by atoms with van der Waals surface area (Å²) in [4.78, 5) is 26.6. The van der Waals surface area contributed by atoms with Crippen LogP contribution in [0.5, 0.6) is 0 Å². The molecule has 0 unspecified atom stereocenters. The van der Waals surface area contributed by atoms with Crippen molar-refractivity contribution < 1.29 is 14.7 Å². The summed E-state index contributed by atoms with van der Waals surface area (Å²) in [6.45, 7) is 0.190. The first-order chi connectivity index (χ1) is 9.47. The highest BCUT2D eigenvalue weighted by Gasteiger charge is 2.12. The van der Waals surface area contributed by atoms with Gasteiger partial charge < -0.3 is 10.4 Å². The number of halogens is 2. The molecule has 1 amide bonds. The summed E-state index contributed by atoms with van der Waals surface area (Å²) < 4.78 is 1.48. The molecule has 0 saturated heterocycles. The normalized spacial score (nSPS) is 10.3. The number of carbonyl (C=O) groups excluding carboxylic acids is 1. The number of aromatic carboxylic acids is 1. The highest BCUT2D eigenvalue weighted by molar-refractivity contribution is 9.11. The lowest BCUT2D eigenvalue weighted by Gasteiger charge is -2.05. The smallest absolute Gasteiger partial charge is 0.355 e. The van der Waals surface area contributed by atoms with Crippen molar-refractivity contribution in [3.05, 3.63) is 48.8 Å². The lowest BCUT2D eigenvalue weighted by Crippen LogP contribution is -2.23. The number of benzene rings is 1. The highest BCUT2D eigenvalue weighted by atomic mass is 79.9. The maximum atomic E-state index is 12.0. The van der Waals surface area contributed by atoms with Crippen molar-refractivity contribution in [2.75, 3.05) is 0 Å². The third-order valence-corrected chi connectivity index (χ3v) is 4.38. The van der Waals surface area contributed by atoms with E-state index in [1.807, 2.05) is 6.07 Å². The van der Waals surface area contributed by atoms with Crippen molar-refractivity contribution >= 4 is 55.1 Å². The predicted octanol–water partition coefficient (Wildman–Crippen LogP) is 3.30. The first-order valence-corrected chi connectivity index (χ1v) is 7.85. The second-order valence-corrected chi connectivity index (χ2v) is 6.45. The van der Waals surface area contributed by atoms with Gasteiger partial charge >= 0.3 is 5.97 Å². The second kappa shape index (κ2) is 6.47. The van der Waals surface area contributed by atoms with Crippen LogP contribution in [0.25, 0.3) is 0 Å². The van der Waals surface area contributed by atoms with Gasteiger partial charge in [-0.05, 0) is 34.1 Å². The number of hydrogen-bond donors (Lipinski definition) is 2. The molecular weight excluding hydrogens is 412 g/mol. The van der Waals surface area contributed by atoms with Crippen LogP contribution in [0.1, 0.15) is 25.9 Å². The molecule has 104 valence electrons. The third-order valence-electron chi connectivity index (χ3n) is 2.34. The Morgan fingerprint density at radius 3 is 2.75 bits per heavy atom. The number of carboxylic acid groups (broad SMARTS) is 1. The summed E-state index contributed by atoms with van der Waals surface area (Å²) in [5.41, 5.74) is 0.484. The van der Waals surface area contributed by atoms with Crippen molar-refractivity contribution in [1.82, 2.24) is 10.3 Å². The predicted molar refractivity (Wildman–Crippen MR) is 82.1 cm³/mol. The Balaban J connectivity index is 2.04. The SMILES string of the molecule is O=C(O)c1csc(CNC(=O)c2cc(Br)ccc2Br)n1. The minimum atomic E-state index is -1.08. The van der Waals surface area contributed by atoms with Gasteiger partial charge in [-0.1, -0.05) is 15.9 Å². The van der Waals surface area contributed by atoms with E-state index in [2.05, 4.69) is 42.2 Å². The van der Waals surface area contributed by atoms with Crippen LogP contribution in [0.15, 0.2) is 32.5 Å². The average molecular weight is 420 g/mol. The standard InChI is InChI=1S/C12H8Br2N2O3S/c13-6-1-2-8(14)7(3-6)11(17)15-4-10-16-9(5-20-10)12(18)19/h1-3,5H,4H2,(H,15,17)(H,18,19). The molecule has 0 bridgehead atoms. The van der Waals surface area contributed by atoms with E-state index in [4.69, 9.17) is 5.11 Å². The van der Waals surface area contributed by atoms with Crippen molar-refractivity contribution in [3.63, 3.8) is 0 Å². The minimum absolute atomic E-state index is 0.0112. The zero-order valence-electron chi connectivity index (χ0n) is 9.89. The molecule has 0 aliphatic rings. The first-order valence-electron chi connectivity index (χ1n) is 5.38. The van der Waals surface area contributed by atoms with Gasteiger partial charge in [0.1, 0.15) is 5.01 Å². The molecule has 0 atom stereocenters. The Morgan fingerprint density at radius 2 is 2.10 bits per heavy atom. The number of carbonyl (C=O) groups is 2. The third kappa shape index (κ3) is 3.65. The Kier molecular flexibility index (Phi) is 4.90. The largest absolute Gasteiger partial charge is 0.476 e. The maximum Gasteiger partial charge on any atom is 0.355 e. The van der Waals surface area contributed by atoms with E-state index < -0.39 is 5.97 Å². The van der Waals surface area contributed by atoms with E-state index in [1.54, 1.807) is 12.1 Å². The summed E-state index contributed by atoms with van der Waals surface area (Å²) >= 11 is 7.81. The first kappa shape index (κ1) is 15.1. The molecule has 0 fully saturated rings. The Bertz CT molecular complexity index is 672. The summed E-state index contributed by atoms with van der Waals surface area (Å²) in [6.07, 6.45) is 0. The van der Waals surface area contributed by atoms with Crippen LogP contribution in [0.4, 0.5) is 0 Å². The maximum absolute atomic E-state index is 12.0. The fourth-order valence-corrected chi connectivity index (χ4v) is 2.91. The molecule has 1 aromatic carbocycles. The molecule has 2 N–H and O–H groups in total. The monoisotopic (exact) mass is 418 g/mol. The molecular formula is C12H8Br2N2O3S. The number of amides is 1. The van der Waals surface area contributed by atoms with Gasteiger partial charge in [0.2, 0.25) is 0 Å². The molecule has 0 saturated carbocycles. The molecule has 2 rings (SSSR count). The van der Waals surface area contributed by atoms with E-state index in [9.17, 15) is 9.59 Å². The van der Waals surface area contributed by atoms with Gasteiger partial charge in [0.15, 0.2) is 5.69 Å². The minimum Gasteiger partial charge on any atom is -0.476 e. The Labute approximate surface area is 135 Å². The fourth-order valence-electron chi connectivity index (χ4n) is 1.41. The van der Waals surface area contributed by atoms with Gasteiger partial charge in [0, 0.05) is 14.3 Å². The van der Waals surface area contributed by atoms with Crippen molar-refractivity contribution in [2.45, 2.75) is 6.54 Å². The Morgan fingerprint density at radius 1 is 1.35 bits per heavy atom. The zero-order chi connectivity index (χ0) is 14.7. The molecule has 20 heavy (non-hydrogen) atoms. The molecule has 0 radical (unpaired) electrons. The fraction of sp³-hybridized carbons (Fsp3) is 0.0833. The van der Waals surface area contributed by atoms with Crippen molar-refractivity contribution in [2.24, 2.45) is 0 Å². The van der Waals surface area contributed by atoms with Crippen LogP contribution in [0, 0.1) is 0 Å². The molecule has 0 aliphatic heterocycles. The number of thiazole rings is 1. The summed E-state index contributed by atoms with van der Waals surface area (Å²) in [6, 6.07) is 5.29. The van der Waals surface area contributed by atoms with Crippen LogP contribution in [0.2, 0.25) is 0 Å². The van der Waals surface area contributed by atoms with Gasteiger partial charge in [0.05, 0.1) is 12.1 Å².